The van der Waals surface area contributed by atoms with Crippen LogP contribution in [0.5, 0.6) is 0 Å². The Morgan fingerprint density at radius 3 is 2.46 bits per heavy atom. The van der Waals surface area contributed by atoms with E-state index in [0.29, 0.717) is 61.1 Å². The third kappa shape index (κ3) is 6.07. The number of amides is 3. The van der Waals surface area contributed by atoms with Crippen LogP contribution in [0, 0.1) is 12.7 Å². The lowest BCUT2D eigenvalue weighted by Crippen LogP contribution is -2.49. The second kappa shape index (κ2) is 11.9. The molecule has 10 nitrogen and oxygen atoms in total. The van der Waals surface area contributed by atoms with E-state index in [1.165, 1.54) is 24.3 Å². The average Bonchev–Trinajstić information content (AvgIpc) is 3.20. The first-order valence-electron chi connectivity index (χ1n) is 12.9. The van der Waals surface area contributed by atoms with Gasteiger partial charge in [-0.1, -0.05) is 10.6 Å². The van der Waals surface area contributed by atoms with Crippen LogP contribution in [0.15, 0.2) is 42.5 Å². The van der Waals surface area contributed by atoms with Crippen molar-refractivity contribution in [3.8, 4) is 0 Å². The minimum absolute atomic E-state index is 0.0883. The lowest BCUT2D eigenvalue weighted by atomic mass is 10.1. The molecule has 2 aliphatic rings. The van der Waals surface area contributed by atoms with Gasteiger partial charge in [0, 0.05) is 56.9 Å². The quantitative estimate of drug-likeness (QED) is 0.502. The lowest BCUT2D eigenvalue weighted by Gasteiger charge is -2.37. The standard InChI is InChI=1S/C27H30FN7O3S/c1-18-24(39-32-31-18)27(38)35-14-12-33(13-15-35)23-7-6-20(26(37)34-10-3-8-29-9-11-34)17-22(23)30-25(36)19-4-2-5-21(28)16-19/h2,4-7,16-17,29H,3,8-15H2,1H3,(H,30,36). The van der Waals surface area contributed by atoms with Gasteiger partial charge < -0.3 is 25.3 Å². The van der Waals surface area contributed by atoms with Gasteiger partial charge in [-0.25, -0.2) is 4.39 Å². The Labute approximate surface area is 229 Å². The third-order valence-electron chi connectivity index (χ3n) is 6.96. The number of aromatic nitrogens is 2. The van der Waals surface area contributed by atoms with Gasteiger partial charge in [0.1, 0.15) is 10.7 Å². The Hall–Kier alpha value is -3.90. The van der Waals surface area contributed by atoms with E-state index in [4.69, 9.17) is 0 Å². The van der Waals surface area contributed by atoms with Gasteiger partial charge in [-0.05, 0) is 67.8 Å². The van der Waals surface area contributed by atoms with Crippen molar-refractivity contribution < 1.29 is 18.8 Å². The van der Waals surface area contributed by atoms with E-state index >= 15 is 0 Å². The highest BCUT2D eigenvalue weighted by atomic mass is 32.1. The van der Waals surface area contributed by atoms with Crippen molar-refractivity contribution in [1.82, 2.24) is 24.7 Å². The molecule has 0 spiro atoms. The number of carbonyl (C=O) groups is 3. The molecule has 12 heteroatoms. The van der Waals surface area contributed by atoms with Gasteiger partial charge in [0.25, 0.3) is 17.7 Å². The van der Waals surface area contributed by atoms with Crippen LogP contribution in [0.2, 0.25) is 0 Å². The first kappa shape index (κ1) is 26.7. The van der Waals surface area contributed by atoms with Crippen LogP contribution in [0.1, 0.15) is 42.5 Å². The smallest absolute Gasteiger partial charge is 0.267 e. The minimum Gasteiger partial charge on any atom is -0.366 e. The number of hydrogen-bond donors (Lipinski definition) is 2. The SMILES string of the molecule is Cc1nnsc1C(=O)N1CCN(c2ccc(C(=O)N3CCCNCC3)cc2NC(=O)c2cccc(F)c2)CC1. The maximum absolute atomic E-state index is 13.8. The monoisotopic (exact) mass is 551 g/mol. The van der Waals surface area contributed by atoms with Crippen molar-refractivity contribution in [2.75, 3.05) is 62.6 Å². The number of rotatable bonds is 5. The van der Waals surface area contributed by atoms with E-state index in [1.807, 2.05) is 11.0 Å². The Balaban J connectivity index is 1.38. The van der Waals surface area contributed by atoms with E-state index in [2.05, 4.69) is 25.1 Å². The number of carbonyl (C=O) groups excluding carboxylic acids is 3. The molecule has 204 valence electrons. The molecule has 0 aliphatic carbocycles. The van der Waals surface area contributed by atoms with Crippen LogP contribution < -0.4 is 15.5 Å². The Bertz CT molecular complexity index is 1360. The van der Waals surface area contributed by atoms with Crippen LogP contribution in [0.3, 0.4) is 0 Å². The van der Waals surface area contributed by atoms with Gasteiger partial charge in [-0.2, -0.15) is 0 Å². The molecule has 0 atom stereocenters. The van der Waals surface area contributed by atoms with E-state index in [-0.39, 0.29) is 17.4 Å². The summed E-state index contributed by atoms with van der Waals surface area (Å²) in [6.07, 6.45) is 0.868. The molecule has 2 aliphatic heterocycles. The number of nitrogens with one attached hydrogen (secondary N) is 2. The summed E-state index contributed by atoms with van der Waals surface area (Å²) in [5.41, 5.74) is 2.47. The van der Waals surface area contributed by atoms with Crippen molar-refractivity contribution in [1.29, 1.82) is 0 Å². The van der Waals surface area contributed by atoms with E-state index < -0.39 is 11.7 Å². The summed E-state index contributed by atoms with van der Waals surface area (Å²) in [6.45, 7) is 6.66. The normalized spacial score (nSPS) is 16.1. The molecule has 5 rings (SSSR count). The maximum atomic E-state index is 13.8. The Morgan fingerprint density at radius 1 is 0.923 bits per heavy atom. The van der Waals surface area contributed by atoms with Crippen molar-refractivity contribution in [2.45, 2.75) is 13.3 Å². The van der Waals surface area contributed by atoms with Crippen molar-refractivity contribution >= 4 is 40.6 Å². The van der Waals surface area contributed by atoms with Crippen LogP contribution in [0.25, 0.3) is 0 Å². The zero-order chi connectivity index (χ0) is 27.4. The summed E-state index contributed by atoms with van der Waals surface area (Å²) in [5.74, 6) is -1.17. The fourth-order valence-corrected chi connectivity index (χ4v) is 5.45. The highest BCUT2D eigenvalue weighted by Crippen LogP contribution is 2.30. The number of anilines is 2. The maximum Gasteiger partial charge on any atom is 0.267 e. The molecule has 0 bridgehead atoms. The second-order valence-electron chi connectivity index (χ2n) is 9.56. The molecule has 39 heavy (non-hydrogen) atoms. The zero-order valence-corrected chi connectivity index (χ0v) is 22.5. The van der Waals surface area contributed by atoms with Crippen LogP contribution in [-0.2, 0) is 0 Å². The number of nitrogens with zero attached hydrogens (tertiary/aromatic N) is 5. The van der Waals surface area contributed by atoms with E-state index in [9.17, 15) is 18.8 Å². The summed E-state index contributed by atoms with van der Waals surface area (Å²) < 4.78 is 17.7. The van der Waals surface area contributed by atoms with E-state index in [1.54, 1.807) is 24.0 Å². The van der Waals surface area contributed by atoms with Crippen LogP contribution in [0.4, 0.5) is 15.8 Å². The fraction of sp³-hybridized carbons (Fsp3) is 0.370. The fourth-order valence-electron chi connectivity index (χ4n) is 4.82. The van der Waals surface area contributed by atoms with Crippen LogP contribution in [-0.4, -0.2) is 89.5 Å². The molecule has 3 amide bonds. The van der Waals surface area contributed by atoms with Crippen molar-refractivity contribution in [2.24, 2.45) is 0 Å². The second-order valence-corrected chi connectivity index (χ2v) is 10.3. The van der Waals surface area contributed by atoms with Gasteiger partial charge in [0.15, 0.2) is 0 Å². The largest absolute Gasteiger partial charge is 0.366 e. The molecule has 1 aromatic heterocycles. The molecule has 2 aromatic carbocycles. The zero-order valence-electron chi connectivity index (χ0n) is 21.7. The highest BCUT2D eigenvalue weighted by molar-refractivity contribution is 7.07. The van der Waals surface area contributed by atoms with Gasteiger partial charge in [0.2, 0.25) is 0 Å². The number of benzene rings is 2. The van der Waals surface area contributed by atoms with Crippen molar-refractivity contribution in [3.05, 3.63) is 70.0 Å². The molecule has 0 unspecified atom stereocenters. The summed E-state index contributed by atoms with van der Waals surface area (Å²) in [6, 6.07) is 10.8. The first-order valence-corrected chi connectivity index (χ1v) is 13.7. The molecule has 2 fully saturated rings. The van der Waals surface area contributed by atoms with E-state index in [0.717, 1.165) is 36.7 Å². The predicted octanol–water partition coefficient (Wildman–Crippen LogP) is 2.64. The minimum atomic E-state index is -0.506. The third-order valence-corrected chi connectivity index (χ3v) is 7.78. The molecule has 2 saturated heterocycles. The number of piperazine rings is 1. The topological polar surface area (TPSA) is 111 Å². The van der Waals surface area contributed by atoms with Gasteiger partial charge in [-0.15, -0.1) is 5.10 Å². The number of aryl methyl sites for hydroxylation is 1. The number of halogens is 1. The molecule has 3 aromatic rings. The highest BCUT2D eigenvalue weighted by Gasteiger charge is 2.27. The first-order chi connectivity index (χ1) is 18.9. The summed E-state index contributed by atoms with van der Waals surface area (Å²) >= 11 is 1.09. The van der Waals surface area contributed by atoms with Crippen LogP contribution >= 0.6 is 11.5 Å². The molecular formula is C27H30FN7O3S. The number of hydrogen-bond acceptors (Lipinski definition) is 8. The van der Waals surface area contributed by atoms with Gasteiger partial charge >= 0.3 is 0 Å². The molecule has 0 saturated carbocycles. The summed E-state index contributed by atoms with van der Waals surface area (Å²) in [5, 5.41) is 10.1. The summed E-state index contributed by atoms with van der Waals surface area (Å²) in [4.78, 5) is 45.5. The molecule has 2 N–H and O–H groups in total. The average molecular weight is 552 g/mol. The molecule has 3 heterocycles. The lowest BCUT2D eigenvalue weighted by molar-refractivity contribution is 0.0747. The molecular weight excluding hydrogens is 521 g/mol. The van der Waals surface area contributed by atoms with Gasteiger partial charge in [0.05, 0.1) is 17.1 Å². The summed E-state index contributed by atoms with van der Waals surface area (Å²) in [7, 11) is 0. The van der Waals surface area contributed by atoms with Crippen molar-refractivity contribution in [3.63, 3.8) is 0 Å². The Kier molecular flexibility index (Phi) is 8.13. The molecule has 0 radical (unpaired) electrons. The van der Waals surface area contributed by atoms with Gasteiger partial charge in [-0.3, -0.25) is 14.4 Å². The Morgan fingerprint density at radius 2 is 1.72 bits per heavy atom. The predicted molar refractivity (Wildman–Crippen MR) is 147 cm³/mol.